The van der Waals surface area contributed by atoms with E-state index in [4.69, 9.17) is 0 Å². The topological polar surface area (TPSA) is 40.7 Å². The van der Waals surface area contributed by atoms with Crippen molar-refractivity contribution < 1.29 is 0 Å². The van der Waals surface area contributed by atoms with Crippen LogP contribution in [0.1, 0.15) is 17.8 Å². The highest BCUT2D eigenvalue weighted by Crippen LogP contribution is 2.19. The molecule has 94 valence electrons. The summed E-state index contributed by atoms with van der Waals surface area (Å²) in [5.41, 5.74) is 3.62. The Balaban J connectivity index is 1.74. The Hall–Kier alpha value is -1.61. The quantitative estimate of drug-likeness (QED) is 0.867. The van der Waals surface area contributed by atoms with E-state index in [-0.39, 0.29) is 0 Å². The molecule has 3 heteroatoms. The normalized spacial score (nSPS) is 19.3. The molecule has 0 amide bonds. The summed E-state index contributed by atoms with van der Waals surface area (Å²) in [6.07, 6.45) is 4.27. The SMILES string of the molecule is Cc1ccc(-c2cnc(CC3CCNC3)[nH]2)cc1. The van der Waals surface area contributed by atoms with Crippen LogP contribution in [0.4, 0.5) is 0 Å². The summed E-state index contributed by atoms with van der Waals surface area (Å²) in [6, 6.07) is 8.56. The minimum atomic E-state index is 0.738. The summed E-state index contributed by atoms with van der Waals surface area (Å²) in [4.78, 5) is 7.93. The van der Waals surface area contributed by atoms with Gasteiger partial charge in [-0.1, -0.05) is 29.8 Å². The van der Waals surface area contributed by atoms with Gasteiger partial charge in [-0.25, -0.2) is 4.98 Å². The van der Waals surface area contributed by atoms with Crippen molar-refractivity contribution in [3.63, 3.8) is 0 Å². The smallest absolute Gasteiger partial charge is 0.106 e. The third-order valence-corrected chi connectivity index (χ3v) is 3.64. The highest BCUT2D eigenvalue weighted by molar-refractivity contribution is 5.58. The van der Waals surface area contributed by atoms with E-state index in [0.29, 0.717) is 0 Å². The number of aromatic amines is 1. The standard InChI is InChI=1S/C15H19N3/c1-11-2-4-13(5-3-11)14-10-17-15(18-14)8-12-6-7-16-9-12/h2-5,10,12,16H,6-9H2,1H3,(H,17,18). The van der Waals surface area contributed by atoms with Gasteiger partial charge in [0.15, 0.2) is 0 Å². The lowest BCUT2D eigenvalue weighted by Crippen LogP contribution is -2.11. The molecule has 18 heavy (non-hydrogen) atoms. The second kappa shape index (κ2) is 4.94. The van der Waals surface area contributed by atoms with Gasteiger partial charge in [-0.05, 0) is 37.9 Å². The highest BCUT2D eigenvalue weighted by Gasteiger charge is 2.16. The zero-order chi connectivity index (χ0) is 12.4. The molecule has 2 heterocycles. The number of hydrogen-bond acceptors (Lipinski definition) is 2. The molecular weight excluding hydrogens is 222 g/mol. The first kappa shape index (κ1) is 11.5. The van der Waals surface area contributed by atoms with E-state index in [2.05, 4.69) is 46.5 Å². The molecule has 1 unspecified atom stereocenters. The molecule has 1 aromatic carbocycles. The summed E-state index contributed by atoms with van der Waals surface area (Å²) in [5, 5.41) is 3.40. The maximum absolute atomic E-state index is 4.50. The van der Waals surface area contributed by atoms with Gasteiger partial charge in [-0.15, -0.1) is 0 Å². The molecular formula is C15H19N3. The molecule has 1 atom stereocenters. The lowest BCUT2D eigenvalue weighted by Gasteiger charge is -2.04. The second-order valence-electron chi connectivity index (χ2n) is 5.17. The fourth-order valence-corrected chi connectivity index (χ4v) is 2.51. The lowest BCUT2D eigenvalue weighted by atomic mass is 10.1. The largest absolute Gasteiger partial charge is 0.342 e. The molecule has 3 nitrogen and oxygen atoms in total. The first-order chi connectivity index (χ1) is 8.81. The minimum absolute atomic E-state index is 0.738. The molecule has 1 saturated heterocycles. The number of H-pyrrole nitrogens is 1. The fourth-order valence-electron chi connectivity index (χ4n) is 2.51. The van der Waals surface area contributed by atoms with Gasteiger partial charge < -0.3 is 10.3 Å². The summed E-state index contributed by atoms with van der Waals surface area (Å²) >= 11 is 0. The molecule has 3 rings (SSSR count). The summed E-state index contributed by atoms with van der Waals surface area (Å²) in [6.45, 7) is 4.38. The number of nitrogens with zero attached hydrogens (tertiary/aromatic N) is 1. The van der Waals surface area contributed by atoms with Crippen LogP contribution in [0.3, 0.4) is 0 Å². The average molecular weight is 241 g/mol. The Morgan fingerprint density at radius 1 is 1.28 bits per heavy atom. The third kappa shape index (κ3) is 2.46. The number of aryl methyl sites for hydroxylation is 1. The van der Waals surface area contributed by atoms with Crippen molar-refractivity contribution in [3.05, 3.63) is 41.9 Å². The highest BCUT2D eigenvalue weighted by atomic mass is 14.9. The Morgan fingerprint density at radius 3 is 2.83 bits per heavy atom. The average Bonchev–Trinajstić information content (AvgIpc) is 3.02. The maximum Gasteiger partial charge on any atom is 0.106 e. The number of imidazole rings is 1. The molecule has 1 fully saturated rings. The predicted octanol–water partition coefficient (Wildman–Crippen LogP) is 2.54. The second-order valence-corrected chi connectivity index (χ2v) is 5.17. The van der Waals surface area contributed by atoms with E-state index in [1.807, 2.05) is 6.20 Å². The maximum atomic E-state index is 4.50. The van der Waals surface area contributed by atoms with Crippen LogP contribution >= 0.6 is 0 Å². The van der Waals surface area contributed by atoms with Crippen LogP contribution in [0.25, 0.3) is 11.3 Å². The first-order valence-corrected chi connectivity index (χ1v) is 6.63. The Labute approximate surface area is 108 Å². The van der Waals surface area contributed by atoms with Gasteiger partial charge in [-0.2, -0.15) is 0 Å². The summed E-state index contributed by atoms with van der Waals surface area (Å²) in [7, 11) is 0. The number of benzene rings is 1. The van der Waals surface area contributed by atoms with Crippen LogP contribution < -0.4 is 5.32 Å². The van der Waals surface area contributed by atoms with Gasteiger partial charge >= 0.3 is 0 Å². The zero-order valence-corrected chi connectivity index (χ0v) is 10.7. The fraction of sp³-hybridized carbons (Fsp3) is 0.400. The van der Waals surface area contributed by atoms with Crippen LogP contribution in [0.15, 0.2) is 30.5 Å². The van der Waals surface area contributed by atoms with Crippen molar-refractivity contribution in [1.82, 2.24) is 15.3 Å². The van der Waals surface area contributed by atoms with Gasteiger partial charge in [-0.3, -0.25) is 0 Å². The molecule has 0 spiro atoms. The monoisotopic (exact) mass is 241 g/mol. The zero-order valence-electron chi connectivity index (χ0n) is 10.7. The van der Waals surface area contributed by atoms with Crippen LogP contribution in [0, 0.1) is 12.8 Å². The molecule has 1 aromatic heterocycles. The van der Waals surface area contributed by atoms with Crippen molar-refractivity contribution in [2.75, 3.05) is 13.1 Å². The molecule has 1 aliphatic heterocycles. The Bertz CT molecular complexity index is 507. The Kier molecular flexibility index (Phi) is 3.15. The van der Waals surface area contributed by atoms with E-state index in [9.17, 15) is 0 Å². The van der Waals surface area contributed by atoms with Crippen molar-refractivity contribution in [2.24, 2.45) is 5.92 Å². The van der Waals surface area contributed by atoms with E-state index in [1.165, 1.54) is 17.5 Å². The van der Waals surface area contributed by atoms with E-state index in [0.717, 1.165) is 36.9 Å². The number of aromatic nitrogens is 2. The number of hydrogen-bond donors (Lipinski definition) is 2. The van der Waals surface area contributed by atoms with E-state index in [1.54, 1.807) is 0 Å². The molecule has 0 radical (unpaired) electrons. The molecule has 0 aliphatic carbocycles. The van der Waals surface area contributed by atoms with Crippen molar-refractivity contribution in [3.8, 4) is 11.3 Å². The van der Waals surface area contributed by atoms with E-state index >= 15 is 0 Å². The molecule has 2 N–H and O–H groups in total. The molecule has 2 aromatic rings. The molecule has 0 bridgehead atoms. The minimum Gasteiger partial charge on any atom is -0.342 e. The van der Waals surface area contributed by atoms with Gasteiger partial charge in [0, 0.05) is 6.42 Å². The summed E-state index contributed by atoms with van der Waals surface area (Å²) < 4.78 is 0. The van der Waals surface area contributed by atoms with Gasteiger partial charge in [0.25, 0.3) is 0 Å². The molecule has 1 aliphatic rings. The van der Waals surface area contributed by atoms with Crippen LogP contribution in [0.2, 0.25) is 0 Å². The van der Waals surface area contributed by atoms with Crippen molar-refractivity contribution in [1.29, 1.82) is 0 Å². The summed E-state index contributed by atoms with van der Waals surface area (Å²) in [5.74, 6) is 1.85. The lowest BCUT2D eigenvalue weighted by molar-refractivity contribution is 0.565. The van der Waals surface area contributed by atoms with Crippen LogP contribution in [-0.4, -0.2) is 23.1 Å². The van der Waals surface area contributed by atoms with Crippen molar-refractivity contribution in [2.45, 2.75) is 19.8 Å². The van der Waals surface area contributed by atoms with Gasteiger partial charge in [0.05, 0.1) is 11.9 Å². The van der Waals surface area contributed by atoms with Crippen LogP contribution in [-0.2, 0) is 6.42 Å². The van der Waals surface area contributed by atoms with E-state index < -0.39 is 0 Å². The third-order valence-electron chi connectivity index (χ3n) is 3.64. The number of nitrogens with one attached hydrogen (secondary N) is 2. The van der Waals surface area contributed by atoms with Crippen LogP contribution in [0.5, 0.6) is 0 Å². The molecule has 0 saturated carbocycles. The van der Waals surface area contributed by atoms with Gasteiger partial charge in [0.2, 0.25) is 0 Å². The van der Waals surface area contributed by atoms with Crippen molar-refractivity contribution >= 4 is 0 Å². The number of rotatable bonds is 3. The Morgan fingerprint density at radius 2 is 2.11 bits per heavy atom. The van der Waals surface area contributed by atoms with Gasteiger partial charge in [0.1, 0.15) is 5.82 Å². The predicted molar refractivity (Wildman–Crippen MR) is 73.4 cm³/mol. The first-order valence-electron chi connectivity index (χ1n) is 6.63.